The average molecular weight is 616 g/mol. The van der Waals surface area contributed by atoms with E-state index in [0.29, 0.717) is 29.1 Å². The molecule has 2 aromatic heterocycles. The molecule has 0 spiro atoms. The van der Waals surface area contributed by atoms with Gasteiger partial charge < -0.3 is 24.7 Å². The van der Waals surface area contributed by atoms with Crippen molar-refractivity contribution in [3.63, 3.8) is 0 Å². The van der Waals surface area contributed by atoms with Crippen LogP contribution in [0.1, 0.15) is 41.4 Å². The van der Waals surface area contributed by atoms with Gasteiger partial charge in [0, 0.05) is 42.2 Å². The number of piperazine rings is 1. The maximum Gasteiger partial charge on any atom is 0.433 e. The third kappa shape index (κ3) is 5.76. The molecule has 0 saturated carbocycles. The summed E-state index contributed by atoms with van der Waals surface area (Å²) in [6.45, 7) is 4.74. The third-order valence-corrected chi connectivity index (χ3v) is 7.85. The predicted molar refractivity (Wildman–Crippen MR) is 154 cm³/mol. The maximum absolute atomic E-state index is 13.5. The van der Waals surface area contributed by atoms with Crippen LogP contribution in [0.5, 0.6) is 5.75 Å². The lowest BCUT2D eigenvalue weighted by molar-refractivity contribution is -0.141. The molecule has 0 atom stereocenters. The molecule has 2 aromatic carbocycles. The molecule has 0 unspecified atom stereocenters. The molecule has 5 rings (SSSR count). The quantitative estimate of drug-likeness (QED) is 0.313. The smallest absolute Gasteiger partial charge is 0.433 e. The Hall–Kier alpha value is -4.16. The standard InChI is InChI=1S/C30H29ClF3N5O4/c1-29(2,17-4-6-18(31)7-5-17)28(41)39-14-12-38(13-15-39)27(40)25-22(16-35)43-26(37-25)20-8-10-21(42-3)24-19(20)9-11-23(36-24)30(32,33)34/h4-11H,12-16,35H2,1-3H3. The third-order valence-electron chi connectivity index (χ3n) is 7.60. The Bertz CT molecular complexity index is 1680. The number of oxazole rings is 1. The number of rotatable bonds is 6. The van der Waals surface area contributed by atoms with E-state index in [1.807, 2.05) is 26.0 Å². The van der Waals surface area contributed by atoms with E-state index in [9.17, 15) is 22.8 Å². The summed E-state index contributed by atoms with van der Waals surface area (Å²) in [7, 11) is 1.33. The zero-order valence-electron chi connectivity index (χ0n) is 23.7. The molecular formula is C30H29ClF3N5O4. The minimum Gasteiger partial charge on any atom is -0.494 e. The fourth-order valence-corrected chi connectivity index (χ4v) is 5.25. The van der Waals surface area contributed by atoms with E-state index in [1.165, 1.54) is 19.2 Å². The van der Waals surface area contributed by atoms with Crippen molar-refractivity contribution in [3.05, 3.63) is 76.3 Å². The van der Waals surface area contributed by atoms with Crippen LogP contribution in [0.4, 0.5) is 13.2 Å². The van der Waals surface area contributed by atoms with Crippen molar-refractivity contribution in [2.24, 2.45) is 5.73 Å². The molecule has 13 heteroatoms. The van der Waals surface area contributed by atoms with Crippen LogP contribution in [0.2, 0.25) is 5.02 Å². The summed E-state index contributed by atoms with van der Waals surface area (Å²) >= 11 is 6.01. The monoisotopic (exact) mass is 615 g/mol. The average Bonchev–Trinajstić information content (AvgIpc) is 3.43. The van der Waals surface area contributed by atoms with Crippen LogP contribution in [0, 0.1) is 0 Å². The molecule has 226 valence electrons. The van der Waals surface area contributed by atoms with E-state index >= 15 is 0 Å². The van der Waals surface area contributed by atoms with Gasteiger partial charge in [0.1, 0.15) is 17.0 Å². The van der Waals surface area contributed by atoms with Crippen LogP contribution < -0.4 is 10.5 Å². The molecule has 1 aliphatic rings. The first-order chi connectivity index (χ1) is 20.3. The first-order valence-electron chi connectivity index (χ1n) is 13.4. The lowest BCUT2D eigenvalue weighted by atomic mass is 9.83. The number of nitrogens with zero attached hydrogens (tertiary/aromatic N) is 4. The number of fused-ring (bicyclic) bond motifs is 1. The maximum atomic E-state index is 13.5. The number of hydrogen-bond acceptors (Lipinski definition) is 7. The van der Waals surface area contributed by atoms with Gasteiger partial charge in [-0.25, -0.2) is 9.97 Å². The molecule has 0 aliphatic carbocycles. The summed E-state index contributed by atoms with van der Waals surface area (Å²) in [6, 6.07) is 12.3. The number of pyridine rings is 1. The van der Waals surface area contributed by atoms with Crippen LogP contribution >= 0.6 is 11.6 Å². The molecule has 4 aromatic rings. The van der Waals surface area contributed by atoms with E-state index in [1.54, 1.807) is 28.0 Å². The van der Waals surface area contributed by atoms with Gasteiger partial charge in [0.15, 0.2) is 11.5 Å². The summed E-state index contributed by atoms with van der Waals surface area (Å²) in [5, 5.41) is 0.881. The largest absolute Gasteiger partial charge is 0.494 e. The van der Waals surface area contributed by atoms with Gasteiger partial charge in [0.25, 0.3) is 5.91 Å². The number of nitrogens with two attached hydrogens (primary N) is 1. The van der Waals surface area contributed by atoms with E-state index in [0.717, 1.165) is 11.6 Å². The van der Waals surface area contributed by atoms with Gasteiger partial charge in [-0.05, 0) is 55.8 Å². The highest BCUT2D eigenvalue weighted by Gasteiger charge is 2.37. The number of methoxy groups -OCH3 is 1. The second-order valence-electron chi connectivity index (χ2n) is 10.6. The van der Waals surface area contributed by atoms with Crippen molar-refractivity contribution in [1.82, 2.24) is 19.8 Å². The first kappa shape index (κ1) is 30.3. The van der Waals surface area contributed by atoms with Crippen molar-refractivity contribution in [2.75, 3.05) is 33.3 Å². The first-order valence-corrected chi connectivity index (χ1v) is 13.8. The topological polar surface area (TPSA) is 115 Å². The van der Waals surface area contributed by atoms with E-state index in [-0.39, 0.29) is 54.2 Å². The van der Waals surface area contributed by atoms with Gasteiger partial charge in [-0.2, -0.15) is 13.2 Å². The van der Waals surface area contributed by atoms with Crippen LogP contribution in [0.3, 0.4) is 0 Å². The molecule has 9 nitrogen and oxygen atoms in total. The molecule has 1 saturated heterocycles. The molecule has 2 amide bonds. The lowest BCUT2D eigenvalue weighted by Gasteiger charge is -2.38. The Morgan fingerprint density at radius 1 is 0.977 bits per heavy atom. The zero-order valence-corrected chi connectivity index (χ0v) is 24.4. The Balaban J connectivity index is 1.37. The summed E-state index contributed by atoms with van der Waals surface area (Å²) < 4.78 is 51.1. The number of aromatic nitrogens is 2. The zero-order chi connectivity index (χ0) is 31.1. The Morgan fingerprint density at radius 2 is 1.63 bits per heavy atom. The SMILES string of the molecule is COc1ccc(-c2nc(C(=O)N3CCN(C(=O)C(C)(C)c4ccc(Cl)cc4)CC3)c(CN)o2)c2ccc(C(F)(F)F)nc12. The molecule has 1 fully saturated rings. The number of carbonyl (C=O) groups excluding carboxylic acids is 2. The lowest BCUT2D eigenvalue weighted by Crippen LogP contribution is -2.54. The van der Waals surface area contributed by atoms with Crippen molar-refractivity contribution in [1.29, 1.82) is 0 Å². The van der Waals surface area contributed by atoms with Gasteiger partial charge in [0.2, 0.25) is 11.8 Å². The van der Waals surface area contributed by atoms with E-state index in [2.05, 4.69) is 9.97 Å². The van der Waals surface area contributed by atoms with Crippen LogP contribution in [0.25, 0.3) is 22.4 Å². The highest BCUT2D eigenvalue weighted by Crippen LogP contribution is 2.37. The Morgan fingerprint density at radius 3 is 2.23 bits per heavy atom. The Kier molecular flexibility index (Phi) is 8.10. The fourth-order valence-electron chi connectivity index (χ4n) is 5.12. The minimum atomic E-state index is -4.65. The summed E-state index contributed by atoms with van der Waals surface area (Å²) in [6.07, 6.45) is -4.65. The summed E-state index contributed by atoms with van der Waals surface area (Å²) in [5.41, 5.74) is 5.15. The Labute approximate surface area is 250 Å². The van der Waals surface area contributed by atoms with Gasteiger partial charge in [-0.1, -0.05) is 23.7 Å². The van der Waals surface area contributed by atoms with Crippen molar-refractivity contribution >= 4 is 34.3 Å². The number of hydrogen-bond donors (Lipinski definition) is 1. The van der Waals surface area contributed by atoms with E-state index in [4.69, 9.17) is 26.5 Å². The summed E-state index contributed by atoms with van der Waals surface area (Å²) in [5.74, 6) is -0.210. The van der Waals surface area contributed by atoms with Crippen molar-refractivity contribution < 1.29 is 31.9 Å². The molecule has 0 bridgehead atoms. The van der Waals surface area contributed by atoms with Gasteiger partial charge in [0.05, 0.1) is 19.1 Å². The normalized spacial score (nSPS) is 14.3. The number of ether oxygens (including phenoxy) is 1. The predicted octanol–water partition coefficient (Wildman–Crippen LogP) is 5.29. The molecular weight excluding hydrogens is 587 g/mol. The van der Waals surface area contributed by atoms with Gasteiger partial charge >= 0.3 is 6.18 Å². The number of alkyl halides is 3. The minimum absolute atomic E-state index is 0.00242. The highest BCUT2D eigenvalue weighted by molar-refractivity contribution is 6.30. The number of carbonyl (C=O) groups is 2. The van der Waals surface area contributed by atoms with Crippen molar-refractivity contribution in [3.8, 4) is 17.2 Å². The molecule has 43 heavy (non-hydrogen) atoms. The van der Waals surface area contributed by atoms with Crippen molar-refractivity contribution in [2.45, 2.75) is 32.0 Å². The highest BCUT2D eigenvalue weighted by atomic mass is 35.5. The fraction of sp³-hybridized carbons (Fsp3) is 0.333. The molecule has 3 heterocycles. The van der Waals surface area contributed by atoms with Crippen LogP contribution in [-0.2, 0) is 22.9 Å². The van der Waals surface area contributed by atoms with Crippen LogP contribution in [-0.4, -0.2) is 64.9 Å². The molecule has 0 radical (unpaired) electrons. The molecule has 1 aliphatic heterocycles. The number of halogens is 4. The summed E-state index contributed by atoms with van der Waals surface area (Å²) in [4.78, 5) is 38.4. The van der Waals surface area contributed by atoms with Gasteiger partial charge in [-0.15, -0.1) is 0 Å². The number of amides is 2. The second kappa shape index (κ2) is 11.5. The van der Waals surface area contributed by atoms with E-state index < -0.39 is 23.2 Å². The number of benzene rings is 2. The van der Waals surface area contributed by atoms with Crippen LogP contribution in [0.15, 0.2) is 52.9 Å². The second-order valence-corrected chi connectivity index (χ2v) is 11.1. The van der Waals surface area contributed by atoms with Gasteiger partial charge in [-0.3, -0.25) is 9.59 Å². The molecule has 2 N–H and O–H groups in total.